The Morgan fingerprint density at radius 2 is 1.65 bits per heavy atom. The van der Waals surface area contributed by atoms with Gasteiger partial charge in [0.15, 0.2) is 0 Å². The smallest absolute Gasteiger partial charge is 0.416 e. The highest BCUT2D eigenvalue weighted by atomic mass is 35.5. The molecule has 4 nitrogen and oxygen atoms in total. The third kappa shape index (κ3) is 7.91. The van der Waals surface area contributed by atoms with Crippen molar-refractivity contribution in [3.05, 3.63) is 65.2 Å². The first-order valence-electron chi connectivity index (χ1n) is 11.5. The zero-order valence-electron chi connectivity index (χ0n) is 20.0. The maximum atomic E-state index is 13.0. The third-order valence-electron chi connectivity index (χ3n) is 6.04. The van der Waals surface area contributed by atoms with Crippen molar-refractivity contribution < 1.29 is 22.7 Å². The number of esters is 1. The minimum atomic E-state index is -4.34. The van der Waals surface area contributed by atoms with Crippen LogP contribution in [0.15, 0.2) is 48.5 Å². The van der Waals surface area contributed by atoms with Crippen LogP contribution < -0.4 is 4.90 Å². The summed E-state index contributed by atoms with van der Waals surface area (Å²) in [5, 5.41) is 0. The average molecular weight is 499 g/mol. The van der Waals surface area contributed by atoms with Crippen LogP contribution in [0.25, 0.3) is 0 Å². The fraction of sp³-hybridized carbons (Fsp3) is 0.500. The summed E-state index contributed by atoms with van der Waals surface area (Å²) in [4.78, 5) is 16.6. The van der Waals surface area contributed by atoms with Crippen molar-refractivity contribution in [2.24, 2.45) is 5.92 Å². The molecule has 1 atom stereocenters. The van der Waals surface area contributed by atoms with E-state index in [-0.39, 0.29) is 24.3 Å². The van der Waals surface area contributed by atoms with Crippen molar-refractivity contribution in [2.45, 2.75) is 39.3 Å². The first-order valence-corrected chi connectivity index (χ1v) is 11.5. The number of piperazine rings is 1. The number of ether oxygens (including phenoxy) is 1. The van der Waals surface area contributed by atoms with Gasteiger partial charge < -0.3 is 9.64 Å². The van der Waals surface area contributed by atoms with Gasteiger partial charge in [-0.25, -0.2) is 0 Å². The molecule has 0 aliphatic carbocycles. The van der Waals surface area contributed by atoms with Gasteiger partial charge in [0.1, 0.15) is 6.61 Å². The number of hydrogen-bond acceptors (Lipinski definition) is 4. The van der Waals surface area contributed by atoms with Gasteiger partial charge in [-0.1, -0.05) is 44.2 Å². The Labute approximate surface area is 206 Å². The van der Waals surface area contributed by atoms with E-state index in [0.29, 0.717) is 50.9 Å². The van der Waals surface area contributed by atoms with Gasteiger partial charge in [0.2, 0.25) is 0 Å². The van der Waals surface area contributed by atoms with Gasteiger partial charge in [-0.15, -0.1) is 12.4 Å². The van der Waals surface area contributed by atoms with E-state index in [1.807, 2.05) is 24.0 Å². The second-order valence-electron chi connectivity index (χ2n) is 9.11. The normalized spacial score (nSPS) is 15.7. The third-order valence-corrected chi connectivity index (χ3v) is 6.04. The van der Waals surface area contributed by atoms with Gasteiger partial charge in [-0.05, 0) is 48.6 Å². The van der Waals surface area contributed by atoms with E-state index in [1.165, 1.54) is 17.7 Å². The lowest BCUT2D eigenvalue weighted by Crippen LogP contribution is -2.47. The molecule has 8 heteroatoms. The molecule has 1 fully saturated rings. The lowest BCUT2D eigenvalue weighted by atomic mass is 9.97. The number of carbonyl (C=O) groups excluding carboxylic acids is 1. The molecular weight excluding hydrogens is 465 g/mol. The van der Waals surface area contributed by atoms with Crippen LogP contribution >= 0.6 is 12.4 Å². The molecule has 1 aliphatic heterocycles. The van der Waals surface area contributed by atoms with Crippen molar-refractivity contribution in [3.8, 4) is 0 Å². The molecular formula is C26H34ClF3N2O2. The van der Waals surface area contributed by atoms with Crippen LogP contribution in [0.2, 0.25) is 0 Å². The van der Waals surface area contributed by atoms with Gasteiger partial charge in [-0.2, -0.15) is 13.2 Å². The molecule has 3 rings (SSSR count). The molecule has 0 spiro atoms. The molecule has 0 amide bonds. The Balaban J connectivity index is 0.00000408. The number of alkyl halides is 3. The summed E-state index contributed by atoms with van der Waals surface area (Å²) in [6, 6.07) is 13.6. The Hall–Kier alpha value is -2.25. The fourth-order valence-electron chi connectivity index (χ4n) is 4.06. The standard InChI is InChI=1S/C26H33F3N2O2.ClH/c1-19(2)17-21-7-9-22(10-8-21)20(3)25(32)33-16-15-30-11-13-31(14-12-30)24-6-4-5-23(18-24)26(27,28)29;/h4-10,18-20H,11-17H2,1-3H3;1H/t20-;/m1./s1. The van der Waals surface area contributed by atoms with Crippen molar-refractivity contribution in [1.29, 1.82) is 0 Å². The van der Waals surface area contributed by atoms with Gasteiger partial charge in [-0.3, -0.25) is 9.69 Å². The molecule has 0 bridgehead atoms. The van der Waals surface area contributed by atoms with Crippen molar-refractivity contribution in [3.63, 3.8) is 0 Å². The molecule has 0 N–H and O–H groups in total. The van der Waals surface area contributed by atoms with Crippen LogP contribution in [0.3, 0.4) is 0 Å². The van der Waals surface area contributed by atoms with Gasteiger partial charge in [0.25, 0.3) is 0 Å². The number of benzene rings is 2. The molecule has 2 aromatic carbocycles. The monoisotopic (exact) mass is 498 g/mol. The lowest BCUT2D eigenvalue weighted by Gasteiger charge is -2.36. The molecule has 0 aromatic heterocycles. The second-order valence-corrected chi connectivity index (χ2v) is 9.11. The number of anilines is 1. The van der Waals surface area contributed by atoms with Crippen LogP contribution in [0.1, 0.15) is 43.4 Å². The minimum Gasteiger partial charge on any atom is -0.464 e. The van der Waals surface area contributed by atoms with Crippen LogP contribution in [-0.2, 0) is 22.1 Å². The topological polar surface area (TPSA) is 32.8 Å². The number of rotatable bonds is 8. The quantitative estimate of drug-likeness (QED) is 0.431. The predicted molar refractivity (Wildman–Crippen MR) is 132 cm³/mol. The number of nitrogens with zero attached hydrogens (tertiary/aromatic N) is 2. The molecule has 1 aliphatic rings. The van der Waals surface area contributed by atoms with Gasteiger partial charge >= 0.3 is 12.1 Å². The Kier molecular flexibility index (Phi) is 10.3. The molecule has 0 saturated carbocycles. The molecule has 34 heavy (non-hydrogen) atoms. The summed E-state index contributed by atoms with van der Waals surface area (Å²) < 4.78 is 44.4. The first-order chi connectivity index (χ1) is 15.6. The van der Waals surface area contributed by atoms with E-state index in [1.54, 1.807) is 6.07 Å². The molecule has 1 saturated heterocycles. The molecule has 0 radical (unpaired) electrons. The summed E-state index contributed by atoms with van der Waals surface area (Å²) in [5.74, 6) is 0.0234. The number of carbonyl (C=O) groups is 1. The SMILES string of the molecule is CC(C)Cc1ccc([C@@H](C)C(=O)OCCN2CCN(c3cccc(C(F)(F)F)c3)CC2)cc1.Cl. The minimum absolute atomic E-state index is 0. The molecule has 2 aromatic rings. The Morgan fingerprint density at radius 1 is 1.00 bits per heavy atom. The van der Waals surface area contributed by atoms with E-state index in [2.05, 4.69) is 30.9 Å². The summed E-state index contributed by atoms with van der Waals surface area (Å²) in [7, 11) is 0. The lowest BCUT2D eigenvalue weighted by molar-refractivity contribution is -0.145. The highest BCUT2D eigenvalue weighted by molar-refractivity contribution is 5.85. The largest absolute Gasteiger partial charge is 0.464 e. The summed E-state index contributed by atoms with van der Waals surface area (Å²) >= 11 is 0. The van der Waals surface area contributed by atoms with E-state index in [4.69, 9.17) is 4.74 Å². The number of halogens is 4. The van der Waals surface area contributed by atoms with Crippen LogP contribution in [0.4, 0.5) is 18.9 Å². The number of hydrogen-bond donors (Lipinski definition) is 0. The molecule has 0 unspecified atom stereocenters. The van der Waals surface area contributed by atoms with Crippen LogP contribution in [-0.4, -0.2) is 50.2 Å². The summed E-state index contributed by atoms with van der Waals surface area (Å²) in [6.07, 6.45) is -3.32. The zero-order chi connectivity index (χ0) is 24.0. The Morgan fingerprint density at radius 3 is 2.24 bits per heavy atom. The van der Waals surface area contributed by atoms with Gasteiger partial charge in [0, 0.05) is 38.4 Å². The van der Waals surface area contributed by atoms with E-state index >= 15 is 0 Å². The maximum Gasteiger partial charge on any atom is 0.416 e. The highest BCUT2D eigenvalue weighted by Gasteiger charge is 2.31. The van der Waals surface area contributed by atoms with Crippen molar-refractivity contribution in [2.75, 3.05) is 44.2 Å². The molecule has 188 valence electrons. The maximum absolute atomic E-state index is 13.0. The van der Waals surface area contributed by atoms with E-state index in [0.717, 1.165) is 18.1 Å². The summed E-state index contributed by atoms with van der Waals surface area (Å²) in [6.45, 7) is 9.82. The van der Waals surface area contributed by atoms with Crippen LogP contribution in [0, 0.1) is 5.92 Å². The fourth-order valence-corrected chi connectivity index (χ4v) is 4.06. The second kappa shape index (κ2) is 12.5. The Bertz CT molecular complexity index is 911. The van der Waals surface area contributed by atoms with Crippen molar-refractivity contribution >= 4 is 24.1 Å². The highest BCUT2D eigenvalue weighted by Crippen LogP contribution is 2.31. The van der Waals surface area contributed by atoms with E-state index in [9.17, 15) is 18.0 Å². The summed E-state index contributed by atoms with van der Waals surface area (Å²) in [5.41, 5.74) is 2.17. The average Bonchev–Trinajstić information content (AvgIpc) is 2.78. The first kappa shape index (κ1) is 28.0. The van der Waals surface area contributed by atoms with Gasteiger partial charge in [0.05, 0.1) is 11.5 Å². The zero-order valence-corrected chi connectivity index (χ0v) is 20.8. The molecule has 1 heterocycles. The predicted octanol–water partition coefficient (Wildman–Crippen LogP) is 5.79. The van der Waals surface area contributed by atoms with Crippen molar-refractivity contribution in [1.82, 2.24) is 4.90 Å². The van der Waals surface area contributed by atoms with E-state index < -0.39 is 11.7 Å². The van der Waals surface area contributed by atoms with Crippen LogP contribution in [0.5, 0.6) is 0 Å².